The number of primary amides is 1. The molecule has 0 aliphatic carbocycles. The minimum Gasteiger partial charge on any atom is -0.507 e. The number of amides is 4. The summed E-state index contributed by atoms with van der Waals surface area (Å²) in [6.45, 7) is 2.98. The van der Waals surface area contributed by atoms with Crippen LogP contribution in [0.4, 0.5) is 4.39 Å². The van der Waals surface area contributed by atoms with E-state index in [1.807, 2.05) is 24.3 Å². The number of Topliss-reactive ketones (excluding diaryl/α,β-unsaturated/α-hetero) is 3. The molecule has 4 amide bonds. The first kappa shape index (κ1) is 50.0. The van der Waals surface area contributed by atoms with E-state index in [0.29, 0.717) is 35.5 Å². The van der Waals surface area contributed by atoms with E-state index < -0.39 is 90.1 Å². The topological polar surface area (TPSA) is 230 Å². The fourth-order valence-electron chi connectivity index (χ4n) is 9.00. The summed E-state index contributed by atoms with van der Waals surface area (Å²) >= 11 is 6.06. The molecule has 4 bridgehead atoms. The summed E-state index contributed by atoms with van der Waals surface area (Å²) in [5.41, 5.74) is 14.4. The van der Waals surface area contributed by atoms with Crippen molar-refractivity contribution in [2.75, 3.05) is 20.1 Å². The van der Waals surface area contributed by atoms with E-state index in [1.54, 1.807) is 24.3 Å². The van der Waals surface area contributed by atoms with E-state index in [-0.39, 0.29) is 66.2 Å². The molecule has 0 unspecified atom stereocenters. The van der Waals surface area contributed by atoms with Crippen LogP contribution in [-0.2, 0) is 35.2 Å². The van der Waals surface area contributed by atoms with Gasteiger partial charge in [0.05, 0.1) is 12.6 Å². The molecule has 354 valence electrons. The molecule has 14 nitrogen and oxygen atoms in total. The van der Waals surface area contributed by atoms with Gasteiger partial charge < -0.3 is 36.8 Å². The van der Waals surface area contributed by atoms with E-state index in [0.717, 1.165) is 16.0 Å². The number of nitrogens with zero attached hydrogens (tertiary/aromatic N) is 2. The van der Waals surface area contributed by atoms with Gasteiger partial charge in [-0.3, -0.25) is 33.6 Å². The number of benzene rings is 4. The van der Waals surface area contributed by atoms with Gasteiger partial charge in [0.25, 0.3) is 0 Å². The van der Waals surface area contributed by atoms with Crippen molar-refractivity contribution in [2.24, 2.45) is 29.2 Å². The lowest BCUT2D eigenvalue weighted by Crippen LogP contribution is -2.48. The predicted molar refractivity (Wildman–Crippen MR) is 250 cm³/mol. The number of hydrogen-bond acceptors (Lipinski definition) is 10. The number of unbranched alkanes of at least 4 members (excludes halogenated alkanes) is 1. The van der Waals surface area contributed by atoms with Crippen LogP contribution < -0.4 is 16.8 Å². The predicted octanol–water partition coefficient (Wildman–Crippen LogP) is 6.26. The number of nitrogens with two attached hydrogens (primary N) is 2. The first-order chi connectivity index (χ1) is 31.9. The smallest absolute Gasteiger partial charge is 0.240 e. The number of nitrogens with one attached hydrogen (secondary N) is 1. The van der Waals surface area contributed by atoms with Gasteiger partial charge in [-0.1, -0.05) is 80.4 Å². The summed E-state index contributed by atoms with van der Waals surface area (Å²) < 4.78 is 14.3. The van der Waals surface area contributed by atoms with E-state index in [1.165, 1.54) is 62.2 Å². The zero-order valence-electron chi connectivity index (χ0n) is 37.8. The van der Waals surface area contributed by atoms with Crippen molar-refractivity contribution in [3.8, 4) is 33.8 Å². The maximum atomic E-state index is 14.7. The molecule has 2 aliphatic rings. The van der Waals surface area contributed by atoms with Crippen molar-refractivity contribution in [1.29, 1.82) is 0 Å². The molecule has 2 heterocycles. The van der Waals surface area contributed by atoms with Crippen LogP contribution in [0.25, 0.3) is 22.3 Å². The largest absolute Gasteiger partial charge is 0.507 e. The summed E-state index contributed by atoms with van der Waals surface area (Å²) in [6.07, 6.45) is -1.40. The molecule has 0 saturated carbocycles. The molecule has 6 rings (SSSR count). The number of phenolic OH excluding ortho intramolecular Hbond substituents is 2. The minimum atomic E-state index is -1.46. The van der Waals surface area contributed by atoms with Gasteiger partial charge in [0.1, 0.15) is 29.8 Å². The Morgan fingerprint density at radius 2 is 1.51 bits per heavy atom. The molecule has 1 fully saturated rings. The Labute approximate surface area is 393 Å². The van der Waals surface area contributed by atoms with Crippen LogP contribution >= 0.6 is 11.6 Å². The number of alkyl halides is 1. The Morgan fingerprint density at radius 3 is 2.15 bits per heavy atom. The van der Waals surface area contributed by atoms with Gasteiger partial charge in [-0.25, -0.2) is 4.39 Å². The Kier molecular flexibility index (Phi) is 16.3. The number of hydrogen-bond donors (Lipinski definition) is 5. The average molecular weight is 938 g/mol. The first-order valence-corrected chi connectivity index (χ1v) is 22.8. The fraction of sp³-hybridized carbons (Fsp3) is 0.392. The second kappa shape index (κ2) is 21.9. The van der Waals surface area contributed by atoms with Crippen LogP contribution in [0.2, 0.25) is 5.02 Å². The maximum absolute atomic E-state index is 14.7. The summed E-state index contributed by atoms with van der Waals surface area (Å²) in [6, 6.07) is 19.3. The lowest BCUT2D eigenvalue weighted by Gasteiger charge is -2.32. The molecule has 2 aliphatic heterocycles. The summed E-state index contributed by atoms with van der Waals surface area (Å²) in [4.78, 5) is 99.0. The third-order valence-corrected chi connectivity index (χ3v) is 13.0. The van der Waals surface area contributed by atoms with Gasteiger partial charge in [-0.15, -0.1) is 0 Å². The molecule has 67 heavy (non-hydrogen) atoms. The summed E-state index contributed by atoms with van der Waals surface area (Å²) in [5, 5.41) is 25.7. The van der Waals surface area contributed by atoms with Gasteiger partial charge in [-0.2, -0.15) is 0 Å². The molecule has 4 aromatic carbocycles. The molecule has 0 spiro atoms. The van der Waals surface area contributed by atoms with Crippen LogP contribution in [0.15, 0.2) is 84.9 Å². The lowest BCUT2D eigenvalue weighted by molar-refractivity contribution is -0.142. The van der Waals surface area contributed by atoms with Gasteiger partial charge in [-0.05, 0) is 84.5 Å². The number of aromatic hydroxyl groups is 2. The highest BCUT2D eigenvalue weighted by atomic mass is 35.5. The van der Waals surface area contributed by atoms with E-state index >= 15 is 0 Å². The highest BCUT2D eigenvalue weighted by Gasteiger charge is 2.41. The maximum Gasteiger partial charge on any atom is 0.240 e. The molecule has 1 saturated heterocycles. The molecule has 16 heteroatoms. The van der Waals surface area contributed by atoms with Crippen molar-refractivity contribution >= 4 is 52.6 Å². The van der Waals surface area contributed by atoms with Gasteiger partial charge in [0, 0.05) is 72.2 Å². The second-order valence-electron chi connectivity index (χ2n) is 17.8. The minimum absolute atomic E-state index is 0.114. The molecule has 0 aromatic heterocycles. The van der Waals surface area contributed by atoms with Crippen molar-refractivity contribution in [2.45, 2.75) is 89.5 Å². The van der Waals surface area contributed by atoms with Crippen LogP contribution in [0.3, 0.4) is 0 Å². The highest BCUT2D eigenvalue weighted by molar-refractivity contribution is 6.30. The molecular formula is C51H57ClFN5O9. The number of likely N-dealkylation sites (tertiary alicyclic amines) is 1. The monoisotopic (exact) mass is 937 g/mol. The zero-order chi connectivity index (χ0) is 48.7. The Balaban J connectivity index is 1.29. The van der Waals surface area contributed by atoms with Crippen molar-refractivity contribution in [3.63, 3.8) is 0 Å². The summed E-state index contributed by atoms with van der Waals surface area (Å²) in [7, 11) is 1.45. The Bertz CT molecular complexity index is 2520. The van der Waals surface area contributed by atoms with Gasteiger partial charge in [0.2, 0.25) is 23.6 Å². The SMILES string of the molecule is C[C@@H]1CC(=O)[C@@H](N(C)C(=O)[C@H](CCCCN)CC(=O)c2ccc(-c3ccc(Cl)cc3)cc2)c2ccc(O)c(c2)-c2cc(ccc2O)C[C@@H](C(=O)C[C@@H](C)C(=O)N2C[C@@H](F)C[C@H]2C(N)=O)NC1=O. The van der Waals surface area contributed by atoms with Crippen LogP contribution in [0.5, 0.6) is 11.5 Å². The first-order valence-electron chi connectivity index (χ1n) is 22.5. The van der Waals surface area contributed by atoms with E-state index in [4.69, 9.17) is 23.1 Å². The van der Waals surface area contributed by atoms with Crippen molar-refractivity contribution in [1.82, 2.24) is 15.1 Å². The highest BCUT2D eigenvalue weighted by Crippen LogP contribution is 2.40. The van der Waals surface area contributed by atoms with Gasteiger partial charge in [0.15, 0.2) is 17.3 Å². The number of carbonyl (C=O) groups is 7. The van der Waals surface area contributed by atoms with Gasteiger partial charge >= 0.3 is 0 Å². The van der Waals surface area contributed by atoms with Crippen LogP contribution in [-0.4, -0.2) is 99.4 Å². The average Bonchev–Trinajstić information content (AvgIpc) is 3.70. The van der Waals surface area contributed by atoms with Crippen molar-refractivity contribution < 1.29 is 48.2 Å². The lowest BCUT2D eigenvalue weighted by atomic mass is 9.87. The van der Waals surface area contributed by atoms with E-state index in [9.17, 15) is 48.2 Å². The quantitative estimate of drug-likeness (QED) is 0.0664. The number of carbonyl (C=O) groups excluding carboxylic acids is 7. The van der Waals surface area contributed by atoms with Crippen LogP contribution in [0, 0.1) is 17.8 Å². The summed E-state index contributed by atoms with van der Waals surface area (Å²) in [5.74, 6) is -7.54. The number of fused-ring (bicyclic) bond motifs is 5. The van der Waals surface area contributed by atoms with Crippen LogP contribution in [0.1, 0.15) is 86.3 Å². The molecule has 4 aromatic rings. The third kappa shape index (κ3) is 11.9. The molecule has 7 atom stereocenters. The third-order valence-electron chi connectivity index (χ3n) is 12.8. The number of likely N-dealkylation sites (N-methyl/N-ethyl adjacent to an activating group) is 1. The Morgan fingerprint density at radius 1 is 0.881 bits per heavy atom. The standard InChI is InChI=1S/C51H57ClFN5O9/c1-28-20-46(63)47(57(3)51(67)35(6-4-5-19-54)25-44(61)33-10-8-31(9-11-33)32-12-15-36(52)16-13-32)34-14-18-43(60)39(24-34)38-22-30(7-17-42(38)59)23-40(56-49(28)65)45(62)21-29(2)50(66)58-27-37(53)26-41(58)48(55)64/h7-18,22,24,28-29,35,37,40-41,47,59-60H,4-6,19-21,23,25-27,54H2,1-3H3,(H2,55,64)(H,56,65)/t28-,29-,35-,37+,40+,41+,47+/m1/s1. The zero-order valence-corrected chi connectivity index (χ0v) is 38.5. The number of halogens is 2. The normalized spacial score (nSPS) is 20.6. The number of rotatable bonds is 15. The van der Waals surface area contributed by atoms with Crippen molar-refractivity contribution in [3.05, 3.63) is 107 Å². The number of phenols is 2. The fourth-order valence-corrected chi connectivity index (χ4v) is 9.13. The van der Waals surface area contributed by atoms with E-state index in [2.05, 4.69) is 5.32 Å². The Hall–Kier alpha value is -6.45. The number of ketones is 3. The second-order valence-corrected chi connectivity index (χ2v) is 18.3. The molecule has 0 radical (unpaired) electrons. The molecule has 7 N–H and O–H groups in total. The molecular weight excluding hydrogens is 881 g/mol.